The first-order chi connectivity index (χ1) is 14.1. The van der Waals surface area contributed by atoms with E-state index in [1.807, 2.05) is 48.5 Å². The van der Waals surface area contributed by atoms with Crippen molar-refractivity contribution in [3.63, 3.8) is 0 Å². The largest absolute Gasteiger partial charge is 0.492 e. The van der Waals surface area contributed by atoms with Crippen LogP contribution in [0.5, 0.6) is 5.75 Å². The minimum atomic E-state index is -0.354. The number of thioether (sulfide) groups is 1. The van der Waals surface area contributed by atoms with Crippen molar-refractivity contribution >= 4 is 40.6 Å². The van der Waals surface area contributed by atoms with E-state index in [2.05, 4.69) is 0 Å². The van der Waals surface area contributed by atoms with Gasteiger partial charge in [0.1, 0.15) is 23.9 Å². The second kappa shape index (κ2) is 8.59. The summed E-state index contributed by atoms with van der Waals surface area (Å²) in [6, 6.07) is 20.1. The first kappa shape index (κ1) is 19.4. The number of furan rings is 1. The van der Waals surface area contributed by atoms with E-state index < -0.39 is 0 Å². The second-order valence-electron chi connectivity index (χ2n) is 6.18. The number of carbonyl (C=O) groups excluding carboxylic acids is 2. The molecule has 1 aliphatic rings. The summed E-state index contributed by atoms with van der Waals surface area (Å²) < 4.78 is 11.4. The Morgan fingerprint density at radius 3 is 2.55 bits per heavy atom. The number of halogens is 1. The molecule has 29 heavy (non-hydrogen) atoms. The molecular formula is C22H16ClNO4S. The molecule has 0 atom stereocenters. The third-order valence-corrected chi connectivity index (χ3v) is 5.48. The zero-order chi connectivity index (χ0) is 20.2. The van der Waals surface area contributed by atoms with Crippen LogP contribution in [0.25, 0.3) is 17.4 Å². The number of hydrogen-bond donors (Lipinski definition) is 0. The minimum Gasteiger partial charge on any atom is -0.492 e. The Balaban J connectivity index is 1.43. The third kappa shape index (κ3) is 4.39. The normalized spacial score (nSPS) is 15.3. The van der Waals surface area contributed by atoms with Crippen molar-refractivity contribution in [2.45, 2.75) is 0 Å². The Kier molecular flexibility index (Phi) is 5.74. The maximum atomic E-state index is 12.6. The van der Waals surface area contributed by atoms with E-state index in [0.717, 1.165) is 17.3 Å². The van der Waals surface area contributed by atoms with Crippen LogP contribution < -0.4 is 4.74 Å². The van der Waals surface area contributed by atoms with E-state index in [9.17, 15) is 9.59 Å². The van der Waals surface area contributed by atoms with E-state index in [-0.39, 0.29) is 24.3 Å². The van der Waals surface area contributed by atoms with Crippen LogP contribution in [0.3, 0.4) is 0 Å². The summed E-state index contributed by atoms with van der Waals surface area (Å²) in [5.41, 5.74) is 0.764. The fourth-order valence-corrected chi connectivity index (χ4v) is 3.90. The minimum absolute atomic E-state index is 0.180. The quantitative estimate of drug-likeness (QED) is 0.473. The average molecular weight is 426 g/mol. The van der Waals surface area contributed by atoms with E-state index >= 15 is 0 Å². The lowest BCUT2D eigenvalue weighted by Gasteiger charge is -2.13. The molecule has 146 valence electrons. The van der Waals surface area contributed by atoms with Gasteiger partial charge in [0.2, 0.25) is 0 Å². The van der Waals surface area contributed by atoms with Crippen LogP contribution in [-0.4, -0.2) is 29.2 Å². The van der Waals surface area contributed by atoms with Gasteiger partial charge in [0.25, 0.3) is 11.1 Å². The van der Waals surface area contributed by atoms with Gasteiger partial charge >= 0.3 is 0 Å². The first-order valence-electron chi connectivity index (χ1n) is 8.90. The van der Waals surface area contributed by atoms with Crippen LogP contribution in [-0.2, 0) is 4.79 Å². The maximum absolute atomic E-state index is 12.6. The predicted molar refractivity (Wildman–Crippen MR) is 114 cm³/mol. The van der Waals surface area contributed by atoms with Gasteiger partial charge in [-0.1, -0.05) is 41.9 Å². The maximum Gasteiger partial charge on any atom is 0.293 e. The first-order valence-corrected chi connectivity index (χ1v) is 10.1. The molecular weight excluding hydrogens is 410 g/mol. The summed E-state index contributed by atoms with van der Waals surface area (Å²) in [7, 11) is 0. The molecule has 0 spiro atoms. The van der Waals surface area contributed by atoms with Crippen LogP contribution in [0, 0.1) is 0 Å². The molecule has 1 fully saturated rings. The van der Waals surface area contributed by atoms with E-state index in [1.165, 1.54) is 4.90 Å². The number of imide groups is 1. The lowest BCUT2D eigenvalue weighted by molar-refractivity contribution is -0.123. The van der Waals surface area contributed by atoms with Gasteiger partial charge in [-0.15, -0.1) is 0 Å². The highest BCUT2D eigenvalue weighted by molar-refractivity contribution is 8.18. The number of carbonyl (C=O) groups is 2. The van der Waals surface area contributed by atoms with Crippen molar-refractivity contribution in [2.24, 2.45) is 0 Å². The number of ether oxygens (including phenoxy) is 1. The molecule has 0 N–H and O–H groups in total. The summed E-state index contributed by atoms with van der Waals surface area (Å²) in [6.07, 6.45) is 1.57. The predicted octanol–water partition coefficient (Wildman–Crippen LogP) is 5.72. The van der Waals surface area contributed by atoms with Crippen molar-refractivity contribution in [1.29, 1.82) is 0 Å². The Hall–Kier alpha value is -2.96. The van der Waals surface area contributed by atoms with E-state index in [4.69, 9.17) is 20.8 Å². The van der Waals surface area contributed by atoms with Crippen LogP contribution in [0.4, 0.5) is 4.79 Å². The molecule has 3 aromatic rings. The molecule has 1 aliphatic heterocycles. The van der Waals surface area contributed by atoms with Gasteiger partial charge in [-0.05, 0) is 48.2 Å². The standard InChI is InChI=1S/C22H16ClNO4S/c23-18-9-5-4-8-17(18)19-11-10-16(28-19)14-20-21(25)24(22(26)29-20)12-13-27-15-6-2-1-3-7-15/h1-11,14H,12-13H2/b20-14-. The summed E-state index contributed by atoms with van der Waals surface area (Å²) in [5.74, 6) is 1.41. The number of para-hydroxylation sites is 1. The summed E-state index contributed by atoms with van der Waals surface area (Å²) in [6.45, 7) is 0.409. The van der Waals surface area contributed by atoms with E-state index in [1.54, 1.807) is 24.3 Å². The molecule has 0 radical (unpaired) electrons. The Labute approximate surface area is 176 Å². The SMILES string of the molecule is O=C1S/C(=C\c2ccc(-c3ccccc3Cl)o2)C(=O)N1CCOc1ccccc1. The molecule has 2 amide bonds. The molecule has 1 aromatic heterocycles. The van der Waals surface area contributed by atoms with Gasteiger partial charge in [-0.3, -0.25) is 14.5 Å². The second-order valence-corrected chi connectivity index (χ2v) is 7.58. The Morgan fingerprint density at radius 2 is 1.76 bits per heavy atom. The zero-order valence-electron chi connectivity index (χ0n) is 15.2. The number of amides is 2. The van der Waals surface area contributed by atoms with Crippen LogP contribution in [0.1, 0.15) is 5.76 Å². The molecule has 5 nitrogen and oxygen atoms in total. The van der Waals surface area contributed by atoms with Gasteiger partial charge < -0.3 is 9.15 Å². The highest BCUT2D eigenvalue weighted by Crippen LogP contribution is 2.34. The molecule has 2 heterocycles. The Morgan fingerprint density at radius 1 is 1.00 bits per heavy atom. The van der Waals surface area contributed by atoms with Gasteiger partial charge in [0, 0.05) is 11.6 Å². The van der Waals surface area contributed by atoms with Crippen LogP contribution >= 0.6 is 23.4 Å². The van der Waals surface area contributed by atoms with Gasteiger partial charge in [-0.2, -0.15) is 0 Å². The molecule has 0 aliphatic carbocycles. The summed E-state index contributed by atoms with van der Waals surface area (Å²) in [4.78, 5) is 26.3. The highest BCUT2D eigenvalue weighted by Gasteiger charge is 2.35. The number of benzene rings is 2. The number of rotatable bonds is 6. The van der Waals surface area contributed by atoms with Crippen molar-refractivity contribution in [3.8, 4) is 17.1 Å². The third-order valence-electron chi connectivity index (χ3n) is 4.24. The fourth-order valence-electron chi connectivity index (χ4n) is 2.83. The number of hydrogen-bond acceptors (Lipinski definition) is 5. The smallest absolute Gasteiger partial charge is 0.293 e. The van der Waals surface area contributed by atoms with E-state index in [0.29, 0.717) is 27.2 Å². The molecule has 7 heteroatoms. The average Bonchev–Trinajstić information content (AvgIpc) is 3.29. The summed E-state index contributed by atoms with van der Waals surface area (Å²) in [5, 5.41) is 0.253. The monoisotopic (exact) mass is 425 g/mol. The molecule has 4 rings (SSSR count). The van der Waals surface area contributed by atoms with Crippen molar-refractivity contribution in [2.75, 3.05) is 13.2 Å². The molecule has 2 aromatic carbocycles. The topological polar surface area (TPSA) is 59.8 Å². The number of nitrogens with zero attached hydrogens (tertiary/aromatic N) is 1. The highest BCUT2D eigenvalue weighted by atomic mass is 35.5. The van der Waals surface area contributed by atoms with Crippen molar-refractivity contribution in [1.82, 2.24) is 4.90 Å². The summed E-state index contributed by atoms with van der Waals surface area (Å²) >= 11 is 7.08. The van der Waals surface area contributed by atoms with Crippen LogP contribution in [0.15, 0.2) is 76.1 Å². The molecule has 0 bridgehead atoms. The fraction of sp³-hybridized carbons (Fsp3) is 0.0909. The van der Waals surface area contributed by atoms with Gasteiger partial charge in [0.15, 0.2) is 0 Å². The lowest BCUT2D eigenvalue weighted by atomic mass is 10.2. The lowest BCUT2D eigenvalue weighted by Crippen LogP contribution is -2.32. The van der Waals surface area contributed by atoms with Crippen molar-refractivity contribution in [3.05, 3.63) is 82.4 Å². The Bertz CT molecular complexity index is 1080. The van der Waals surface area contributed by atoms with Crippen LogP contribution in [0.2, 0.25) is 5.02 Å². The van der Waals surface area contributed by atoms with Gasteiger partial charge in [0.05, 0.1) is 16.5 Å². The molecule has 0 saturated carbocycles. The van der Waals surface area contributed by atoms with Gasteiger partial charge in [-0.25, -0.2) is 0 Å². The zero-order valence-corrected chi connectivity index (χ0v) is 16.8. The molecule has 1 saturated heterocycles. The molecule has 0 unspecified atom stereocenters. The van der Waals surface area contributed by atoms with Crippen molar-refractivity contribution < 1.29 is 18.7 Å².